The Hall–Kier alpha value is -2.38. The van der Waals surface area contributed by atoms with E-state index < -0.39 is 11.9 Å². The lowest BCUT2D eigenvalue weighted by molar-refractivity contribution is -0.123. The average molecular weight is 392 g/mol. The Morgan fingerprint density at radius 2 is 2.04 bits per heavy atom. The number of anilines is 1. The summed E-state index contributed by atoms with van der Waals surface area (Å²) in [6.07, 6.45) is 2.25. The van der Waals surface area contributed by atoms with Crippen molar-refractivity contribution < 1.29 is 14.4 Å². The van der Waals surface area contributed by atoms with Crippen molar-refractivity contribution >= 4 is 46.3 Å². The predicted molar refractivity (Wildman–Crippen MR) is 102 cm³/mol. The normalized spacial score (nSPS) is 17.0. The lowest BCUT2D eigenvalue weighted by atomic mass is 10.00. The summed E-state index contributed by atoms with van der Waals surface area (Å²) in [5.74, 6) is -1.09. The maximum Gasteiger partial charge on any atom is 0.265 e. The molecule has 3 amide bonds. The van der Waals surface area contributed by atoms with Crippen LogP contribution in [0.3, 0.4) is 0 Å². The van der Waals surface area contributed by atoms with E-state index in [0.29, 0.717) is 34.1 Å². The molecule has 0 bridgehead atoms. The van der Waals surface area contributed by atoms with Gasteiger partial charge in [-0.3, -0.25) is 14.4 Å². The molecule has 3 rings (SSSR count). The largest absolute Gasteiger partial charge is 0.368 e. The molecule has 1 aromatic heterocycles. The molecule has 1 aromatic carbocycles. The SMILES string of the molecule is NC(=O)C1CCCCN1C(=O)c1ccc(Cl)c(NC(=O)c2cccs2)c1. The molecule has 1 saturated heterocycles. The second kappa shape index (κ2) is 7.88. The van der Waals surface area contributed by atoms with Gasteiger partial charge in [-0.2, -0.15) is 0 Å². The Labute approximate surface area is 159 Å². The predicted octanol–water partition coefficient (Wildman–Crippen LogP) is 3.13. The van der Waals surface area contributed by atoms with Crippen LogP contribution in [0.2, 0.25) is 5.02 Å². The molecule has 1 fully saturated rings. The molecular weight excluding hydrogens is 374 g/mol. The van der Waals surface area contributed by atoms with Crippen LogP contribution in [-0.2, 0) is 4.79 Å². The Morgan fingerprint density at radius 1 is 1.23 bits per heavy atom. The number of carbonyl (C=O) groups excluding carboxylic acids is 3. The first-order valence-corrected chi connectivity index (χ1v) is 9.48. The first-order valence-electron chi connectivity index (χ1n) is 8.22. The van der Waals surface area contributed by atoms with Crippen LogP contribution in [0.5, 0.6) is 0 Å². The third-order valence-electron chi connectivity index (χ3n) is 4.30. The number of hydrogen-bond donors (Lipinski definition) is 2. The Morgan fingerprint density at radius 3 is 2.73 bits per heavy atom. The fraction of sp³-hybridized carbons (Fsp3) is 0.278. The molecule has 0 spiro atoms. The molecule has 1 aliphatic rings. The van der Waals surface area contributed by atoms with Crippen LogP contribution in [-0.4, -0.2) is 35.2 Å². The zero-order valence-corrected chi connectivity index (χ0v) is 15.5. The van der Waals surface area contributed by atoms with Gasteiger partial charge in [0.15, 0.2) is 0 Å². The summed E-state index contributed by atoms with van der Waals surface area (Å²) in [5.41, 5.74) is 6.14. The smallest absolute Gasteiger partial charge is 0.265 e. The zero-order valence-electron chi connectivity index (χ0n) is 13.9. The number of amides is 3. The number of piperidine rings is 1. The minimum atomic E-state index is -0.601. The van der Waals surface area contributed by atoms with Crippen molar-refractivity contribution in [1.29, 1.82) is 0 Å². The van der Waals surface area contributed by atoms with E-state index in [1.807, 2.05) is 0 Å². The van der Waals surface area contributed by atoms with Crippen LogP contribution in [0, 0.1) is 0 Å². The van der Waals surface area contributed by atoms with Gasteiger partial charge in [0.1, 0.15) is 6.04 Å². The van der Waals surface area contributed by atoms with Crippen molar-refractivity contribution in [3.05, 3.63) is 51.2 Å². The number of benzene rings is 1. The summed E-state index contributed by atoms with van der Waals surface area (Å²) >= 11 is 7.47. The molecule has 0 radical (unpaired) electrons. The molecule has 8 heteroatoms. The molecule has 0 saturated carbocycles. The number of likely N-dealkylation sites (tertiary alicyclic amines) is 1. The maximum atomic E-state index is 12.9. The molecule has 1 atom stereocenters. The second-order valence-electron chi connectivity index (χ2n) is 6.04. The summed E-state index contributed by atoms with van der Waals surface area (Å²) in [6.45, 7) is 0.478. The van der Waals surface area contributed by atoms with Crippen molar-refractivity contribution in [3.63, 3.8) is 0 Å². The van der Waals surface area contributed by atoms with E-state index in [1.165, 1.54) is 22.3 Å². The molecule has 0 aliphatic carbocycles. The number of hydrogen-bond acceptors (Lipinski definition) is 4. The van der Waals surface area contributed by atoms with Gasteiger partial charge in [0.05, 0.1) is 15.6 Å². The Kier molecular flexibility index (Phi) is 5.58. The highest BCUT2D eigenvalue weighted by molar-refractivity contribution is 7.12. The van der Waals surface area contributed by atoms with Crippen molar-refractivity contribution in [2.75, 3.05) is 11.9 Å². The number of rotatable bonds is 4. The maximum absolute atomic E-state index is 12.9. The number of nitrogens with two attached hydrogens (primary N) is 1. The first kappa shape index (κ1) is 18.4. The molecule has 2 heterocycles. The standard InChI is InChI=1S/C18H18ClN3O3S/c19-12-7-6-11(10-13(12)21-17(24)15-5-3-9-26-15)18(25)22-8-2-1-4-14(22)16(20)23/h3,5-7,9-10,14H,1-2,4,8H2,(H2,20,23)(H,21,24). The third kappa shape index (κ3) is 3.89. The van der Waals surface area contributed by atoms with Gasteiger partial charge in [-0.1, -0.05) is 17.7 Å². The van der Waals surface area contributed by atoms with Gasteiger partial charge in [0.2, 0.25) is 5.91 Å². The van der Waals surface area contributed by atoms with Crippen LogP contribution in [0.15, 0.2) is 35.7 Å². The van der Waals surface area contributed by atoms with Crippen molar-refractivity contribution in [3.8, 4) is 0 Å². The molecule has 6 nitrogen and oxygen atoms in total. The lowest BCUT2D eigenvalue weighted by Gasteiger charge is -2.33. The van der Waals surface area contributed by atoms with Crippen LogP contribution in [0.25, 0.3) is 0 Å². The van der Waals surface area contributed by atoms with E-state index in [0.717, 1.165) is 12.8 Å². The summed E-state index contributed by atoms with van der Waals surface area (Å²) in [4.78, 5) is 38.8. The number of primary amides is 1. The molecule has 2 aromatic rings. The van der Waals surface area contributed by atoms with Gasteiger partial charge in [-0.15, -0.1) is 11.3 Å². The number of nitrogens with one attached hydrogen (secondary N) is 1. The van der Waals surface area contributed by atoms with E-state index in [-0.39, 0.29) is 11.8 Å². The molecule has 1 aliphatic heterocycles. The zero-order chi connectivity index (χ0) is 18.7. The minimum absolute atomic E-state index is 0.292. The van der Waals surface area contributed by atoms with Gasteiger partial charge in [-0.05, 0) is 48.9 Å². The summed E-state index contributed by atoms with van der Waals surface area (Å²) in [6, 6.07) is 7.55. The van der Waals surface area contributed by atoms with Crippen molar-refractivity contribution in [2.24, 2.45) is 5.73 Å². The van der Waals surface area contributed by atoms with Crippen molar-refractivity contribution in [2.45, 2.75) is 25.3 Å². The number of nitrogens with zero attached hydrogens (tertiary/aromatic N) is 1. The fourth-order valence-corrected chi connectivity index (χ4v) is 3.77. The fourth-order valence-electron chi connectivity index (χ4n) is 2.98. The molecular formula is C18H18ClN3O3S. The van der Waals surface area contributed by atoms with Crippen LogP contribution in [0.4, 0.5) is 5.69 Å². The quantitative estimate of drug-likeness (QED) is 0.838. The summed E-state index contributed by atoms with van der Waals surface area (Å²) < 4.78 is 0. The topological polar surface area (TPSA) is 92.5 Å². The molecule has 1 unspecified atom stereocenters. The van der Waals surface area contributed by atoms with E-state index in [2.05, 4.69) is 5.32 Å². The third-order valence-corrected chi connectivity index (χ3v) is 5.50. The summed E-state index contributed by atoms with van der Waals surface area (Å²) in [7, 11) is 0. The Bertz CT molecular complexity index is 838. The second-order valence-corrected chi connectivity index (χ2v) is 7.39. The average Bonchev–Trinajstić information content (AvgIpc) is 3.17. The van der Waals surface area contributed by atoms with E-state index >= 15 is 0 Å². The van der Waals surface area contributed by atoms with E-state index in [1.54, 1.807) is 29.6 Å². The highest BCUT2D eigenvalue weighted by Crippen LogP contribution is 2.26. The Balaban J connectivity index is 1.83. The highest BCUT2D eigenvalue weighted by atomic mass is 35.5. The van der Waals surface area contributed by atoms with Gasteiger partial charge >= 0.3 is 0 Å². The van der Waals surface area contributed by atoms with Crippen molar-refractivity contribution in [1.82, 2.24) is 4.90 Å². The lowest BCUT2D eigenvalue weighted by Crippen LogP contribution is -2.50. The number of thiophene rings is 1. The number of carbonyl (C=O) groups is 3. The van der Waals surface area contributed by atoms with Gasteiger partial charge in [0, 0.05) is 12.1 Å². The minimum Gasteiger partial charge on any atom is -0.368 e. The van der Waals surface area contributed by atoms with E-state index in [9.17, 15) is 14.4 Å². The molecule has 136 valence electrons. The van der Waals surface area contributed by atoms with Gasteiger partial charge in [-0.25, -0.2) is 0 Å². The van der Waals surface area contributed by atoms with Gasteiger partial charge < -0.3 is 16.0 Å². The molecule has 3 N–H and O–H groups in total. The first-order chi connectivity index (χ1) is 12.5. The van der Waals surface area contributed by atoms with Crippen LogP contribution in [0.1, 0.15) is 39.3 Å². The van der Waals surface area contributed by atoms with Gasteiger partial charge in [0.25, 0.3) is 11.8 Å². The van der Waals surface area contributed by atoms with Crippen LogP contribution < -0.4 is 11.1 Å². The number of halogens is 1. The summed E-state index contributed by atoms with van der Waals surface area (Å²) in [5, 5.41) is 4.85. The van der Waals surface area contributed by atoms with Crippen LogP contribution >= 0.6 is 22.9 Å². The molecule has 26 heavy (non-hydrogen) atoms. The monoisotopic (exact) mass is 391 g/mol. The highest BCUT2D eigenvalue weighted by Gasteiger charge is 2.31. The van der Waals surface area contributed by atoms with E-state index in [4.69, 9.17) is 17.3 Å².